The van der Waals surface area contributed by atoms with Gasteiger partial charge in [-0.15, -0.1) is 0 Å². The minimum Gasteiger partial charge on any atom is -0.506 e. The molecule has 3 heteroatoms. The molecule has 0 aliphatic rings. The SMILES string of the molecule is Cc1nc(-c2ccccc2)nc2c(O)cccc12. The number of phenols is 1. The lowest BCUT2D eigenvalue weighted by Crippen LogP contribution is -1.94. The summed E-state index contributed by atoms with van der Waals surface area (Å²) >= 11 is 0. The highest BCUT2D eigenvalue weighted by atomic mass is 16.3. The van der Waals surface area contributed by atoms with Crippen LogP contribution in [0.15, 0.2) is 48.5 Å². The van der Waals surface area contributed by atoms with Crippen LogP contribution in [-0.2, 0) is 0 Å². The minimum atomic E-state index is 0.190. The van der Waals surface area contributed by atoms with Crippen molar-refractivity contribution in [3.05, 3.63) is 54.2 Å². The van der Waals surface area contributed by atoms with Crippen LogP contribution in [0.2, 0.25) is 0 Å². The fourth-order valence-corrected chi connectivity index (χ4v) is 2.01. The van der Waals surface area contributed by atoms with E-state index >= 15 is 0 Å². The average molecular weight is 236 g/mol. The standard InChI is InChI=1S/C15H12N2O/c1-10-12-8-5-9-13(18)14(12)17-15(16-10)11-6-3-2-4-7-11/h2-9,18H,1H3. The summed E-state index contributed by atoms with van der Waals surface area (Å²) in [7, 11) is 0. The Labute approximate surface area is 105 Å². The predicted octanol–water partition coefficient (Wildman–Crippen LogP) is 3.31. The first kappa shape index (κ1) is 10.7. The molecule has 18 heavy (non-hydrogen) atoms. The van der Waals surface area contributed by atoms with E-state index in [1.165, 1.54) is 0 Å². The van der Waals surface area contributed by atoms with E-state index in [0.29, 0.717) is 11.3 Å². The molecule has 0 saturated carbocycles. The number of aryl methyl sites for hydroxylation is 1. The first-order chi connectivity index (χ1) is 8.75. The van der Waals surface area contributed by atoms with Gasteiger partial charge in [0.25, 0.3) is 0 Å². The van der Waals surface area contributed by atoms with Crippen molar-refractivity contribution in [1.82, 2.24) is 9.97 Å². The van der Waals surface area contributed by atoms with Gasteiger partial charge in [-0.2, -0.15) is 0 Å². The molecule has 1 aromatic heterocycles. The molecule has 0 atom stereocenters. The van der Waals surface area contributed by atoms with Crippen LogP contribution >= 0.6 is 0 Å². The second-order valence-electron chi connectivity index (χ2n) is 4.17. The maximum atomic E-state index is 9.88. The number of hydrogen-bond acceptors (Lipinski definition) is 3. The van der Waals surface area contributed by atoms with Crippen molar-refractivity contribution < 1.29 is 5.11 Å². The van der Waals surface area contributed by atoms with E-state index in [4.69, 9.17) is 0 Å². The first-order valence-electron chi connectivity index (χ1n) is 5.77. The summed E-state index contributed by atoms with van der Waals surface area (Å²) in [6.07, 6.45) is 0. The van der Waals surface area contributed by atoms with Gasteiger partial charge >= 0.3 is 0 Å². The zero-order chi connectivity index (χ0) is 12.5. The van der Waals surface area contributed by atoms with Crippen molar-refractivity contribution in [3.63, 3.8) is 0 Å². The summed E-state index contributed by atoms with van der Waals surface area (Å²) in [5.74, 6) is 0.831. The Hall–Kier alpha value is -2.42. The summed E-state index contributed by atoms with van der Waals surface area (Å²) < 4.78 is 0. The zero-order valence-corrected chi connectivity index (χ0v) is 9.96. The Morgan fingerprint density at radius 3 is 2.44 bits per heavy atom. The normalized spacial score (nSPS) is 10.7. The van der Waals surface area contributed by atoms with Crippen LogP contribution in [0, 0.1) is 6.92 Å². The lowest BCUT2D eigenvalue weighted by molar-refractivity contribution is 0.480. The van der Waals surface area contributed by atoms with E-state index in [1.54, 1.807) is 12.1 Å². The maximum absolute atomic E-state index is 9.88. The van der Waals surface area contributed by atoms with Gasteiger partial charge in [-0.3, -0.25) is 0 Å². The summed E-state index contributed by atoms with van der Waals surface area (Å²) in [6.45, 7) is 1.93. The Morgan fingerprint density at radius 2 is 1.67 bits per heavy atom. The fourth-order valence-electron chi connectivity index (χ4n) is 2.01. The minimum absolute atomic E-state index is 0.190. The molecular weight excluding hydrogens is 224 g/mol. The molecule has 0 spiro atoms. The molecule has 0 fully saturated rings. The molecule has 0 aliphatic carbocycles. The quantitative estimate of drug-likeness (QED) is 0.705. The summed E-state index contributed by atoms with van der Waals surface area (Å²) in [5, 5.41) is 10.8. The van der Waals surface area contributed by atoms with Crippen LogP contribution < -0.4 is 0 Å². The first-order valence-corrected chi connectivity index (χ1v) is 5.77. The largest absolute Gasteiger partial charge is 0.506 e. The number of rotatable bonds is 1. The van der Waals surface area contributed by atoms with Gasteiger partial charge in [0.15, 0.2) is 5.82 Å². The van der Waals surface area contributed by atoms with Crippen molar-refractivity contribution in [3.8, 4) is 17.1 Å². The maximum Gasteiger partial charge on any atom is 0.160 e. The molecule has 0 saturated heterocycles. The highest BCUT2D eigenvalue weighted by Gasteiger charge is 2.08. The second-order valence-corrected chi connectivity index (χ2v) is 4.17. The van der Waals surface area contributed by atoms with Gasteiger partial charge in [0.1, 0.15) is 11.3 Å². The molecule has 88 valence electrons. The van der Waals surface area contributed by atoms with Gasteiger partial charge in [-0.1, -0.05) is 42.5 Å². The Morgan fingerprint density at radius 1 is 0.889 bits per heavy atom. The highest BCUT2D eigenvalue weighted by Crippen LogP contribution is 2.26. The molecule has 1 N–H and O–H groups in total. The summed E-state index contributed by atoms with van der Waals surface area (Å²) in [5.41, 5.74) is 2.42. The monoisotopic (exact) mass is 236 g/mol. The lowest BCUT2D eigenvalue weighted by atomic mass is 10.1. The van der Waals surface area contributed by atoms with Gasteiger partial charge < -0.3 is 5.11 Å². The molecule has 0 amide bonds. The number of fused-ring (bicyclic) bond motifs is 1. The van der Waals surface area contributed by atoms with E-state index < -0.39 is 0 Å². The molecule has 3 aromatic rings. The number of aromatic hydroxyl groups is 1. The van der Waals surface area contributed by atoms with Gasteiger partial charge in [0.2, 0.25) is 0 Å². The van der Waals surface area contributed by atoms with E-state index in [9.17, 15) is 5.11 Å². The smallest absolute Gasteiger partial charge is 0.160 e. The van der Waals surface area contributed by atoms with E-state index in [0.717, 1.165) is 16.6 Å². The van der Waals surface area contributed by atoms with E-state index in [2.05, 4.69) is 9.97 Å². The van der Waals surface area contributed by atoms with Crippen molar-refractivity contribution in [2.24, 2.45) is 0 Å². The number of aromatic nitrogens is 2. The van der Waals surface area contributed by atoms with Gasteiger partial charge in [0, 0.05) is 16.6 Å². The number of hydrogen-bond donors (Lipinski definition) is 1. The van der Waals surface area contributed by atoms with Gasteiger partial charge in [-0.05, 0) is 13.0 Å². The van der Waals surface area contributed by atoms with Crippen molar-refractivity contribution in [2.45, 2.75) is 6.92 Å². The third kappa shape index (κ3) is 1.70. The number of para-hydroxylation sites is 1. The number of nitrogens with zero attached hydrogens (tertiary/aromatic N) is 2. The van der Waals surface area contributed by atoms with Gasteiger partial charge in [-0.25, -0.2) is 9.97 Å². The second kappa shape index (κ2) is 4.11. The molecule has 3 nitrogen and oxygen atoms in total. The third-order valence-corrected chi connectivity index (χ3v) is 2.93. The summed E-state index contributed by atoms with van der Waals surface area (Å²) in [6, 6.07) is 15.1. The Kier molecular flexibility index (Phi) is 2.45. The van der Waals surface area contributed by atoms with E-state index in [-0.39, 0.29) is 5.75 Å². The Balaban J connectivity index is 2.31. The summed E-state index contributed by atoms with van der Waals surface area (Å²) in [4.78, 5) is 8.94. The number of benzene rings is 2. The zero-order valence-electron chi connectivity index (χ0n) is 9.96. The molecule has 0 aliphatic heterocycles. The van der Waals surface area contributed by atoms with Crippen LogP contribution in [-0.4, -0.2) is 15.1 Å². The molecule has 0 radical (unpaired) electrons. The van der Waals surface area contributed by atoms with Crippen molar-refractivity contribution in [2.75, 3.05) is 0 Å². The van der Waals surface area contributed by atoms with Gasteiger partial charge in [0.05, 0.1) is 0 Å². The van der Waals surface area contributed by atoms with Crippen LogP contribution in [0.5, 0.6) is 5.75 Å². The molecule has 0 unspecified atom stereocenters. The van der Waals surface area contributed by atoms with Crippen molar-refractivity contribution >= 4 is 10.9 Å². The molecule has 2 aromatic carbocycles. The third-order valence-electron chi connectivity index (χ3n) is 2.93. The molecule has 3 rings (SSSR count). The van der Waals surface area contributed by atoms with Crippen LogP contribution in [0.4, 0.5) is 0 Å². The van der Waals surface area contributed by atoms with Crippen LogP contribution in [0.3, 0.4) is 0 Å². The number of phenolic OH excluding ortho intramolecular Hbond substituents is 1. The van der Waals surface area contributed by atoms with Crippen LogP contribution in [0.1, 0.15) is 5.69 Å². The fraction of sp³-hybridized carbons (Fsp3) is 0.0667. The van der Waals surface area contributed by atoms with E-state index in [1.807, 2.05) is 43.3 Å². The van der Waals surface area contributed by atoms with Crippen LogP contribution in [0.25, 0.3) is 22.3 Å². The highest BCUT2D eigenvalue weighted by molar-refractivity contribution is 5.87. The molecule has 1 heterocycles. The lowest BCUT2D eigenvalue weighted by Gasteiger charge is -2.06. The molecular formula is C15H12N2O. The molecule has 0 bridgehead atoms. The average Bonchev–Trinajstić information content (AvgIpc) is 2.41. The predicted molar refractivity (Wildman–Crippen MR) is 71.4 cm³/mol. The topological polar surface area (TPSA) is 46.0 Å². The van der Waals surface area contributed by atoms with Crippen molar-refractivity contribution in [1.29, 1.82) is 0 Å². The Bertz CT molecular complexity index is 708.